The number of benzene rings is 1. The zero-order valence-electron chi connectivity index (χ0n) is 12.2. The maximum Gasteiger partial charge on any atom is 0.135 e. The Morgan fingerprint density at radius 2 is 2.14 bits per heavy atom. The standard InChI is InChI=1S/C18H20N2O/c21-12-10-15-17-14(13-4-1-2-5-16(13)19-17)6-9-20-8-3-7-18(15,20)11-12/h1-2,4-5,15,19H,3,6-11H2. The average molecular weight is 280 g/mol. The molecule has 0 radical (unpaired) electrons. The Kier molecular flexibility index (Phi) is 2.27. The van der Waals surface area contributed by atoms with Crippen LogP contribution in [0.2, 0.25) is 0 Å². The van der Waals surface area contributed by atoms with Gasteiger partial charge in [0, 0.05) is 47.4 Å². The number of Topliss-reactive ketones (excluding diaryl/α,β-unsaturated/α-hetero) is 1. The highest BCUT2D eigenvalue weighted by molar-refractivity contribution is 5.88. The molecule has 0 bridgehead atoms. The zero-order chi connectivity index (χ0) is 14.0. The molecule has 21 heavy (non-hydrogen) atoms. The molecule has 3 heterocycles. The summed E-state index contributed by atoms with van der Waals surface area (Å²) in [5.41, 5.74) is 4.21. The van der Waals surface area contributed by atoms with Crippen molar-refractivity contribution in [3.8, 4) is 0 Å². The summed E-state index contributed by atoms with van der Waals surface area (Å²) in [5, 5.41) is 1.36. The first-order valence-corrected chi connectivity index (χ1v) is 8.14. The number of aromatic amines is 1. The fraction of sp³-hybridized carbons (Fsp3) is 0.500. The van der Waals surface area contributed by atoms with Crippen LogP contribution in [-0.2, 0) is 11.2 Å². The van der Waals surface area contributed by atoms with Crippen LogP contribution in [0, 0.1) is 0 Å². The van der Waals surface area contributed by atoms with Gasteiger partial charge in [-0.25, -0.2) is 0 Å². The smallest absolute Gasteiger partial charge is 0.135 e. The molecule has 5 rings (SSSR count). The highest BCUT2D eigenvalue weighted by Crippen LogP contribution is 2.53. The SMILES string of the molecule is O=C1CC2c3[nH]c4ccccc4c3CCN3CCCC23C1. The number of nitrogens with zero attached hydrogens (tertiary/aromatic N) is 1. The minimum absolute atomic E-state index is 0.128. The van der Waals surface area contributed by atoms with Crippen LogP contribution >= 0.6 is 0 Å². The number of rotatable bonds is 0. The van der Waals surface area contributed by atoms with Crippen LogP contribution in [0.5, 0.6) is 0 Å². The van der Waals surface area contributed by atoms with E-state index >= 15 is 0 Å². The topological polar surface area (TPSA) is 36.1 Å². The number of carbonyl (C=O) groups is 1. The van der Waals surface area contributed by atoms with Crippen molar-refractivity contribution in [3.63, 3.8) is 0 Å². The number of nitrogens with one attached hydrogen (secondary N) is 1. The molecule has 1 aromatic heterocycles. The van der Waals surface area contributed by atoms with Gasteiger partial charge in [-0.1, -0.05) is 18.2 Å². The Labute approximate surface area is 124 Å². The van der Waals surface area contributed by atoms with Gasteiger partial charge in [0.15, 0.2) is 0 Å². The molecule has 108 valence electrons. The second-order valence-electron chi connectivity index (χ2n) is 6.98. The predicted molar refractivity (Wildman–Crippen MR) is 82.5 cm³/mol. The number of hydrogen-bond acceptors (Lipinski definition) is 2. The molecule has 1 spiro atoms. The average Bonchev–Trinajstić information content (AvgIpc) is 3.12. The summed E-state index contributed by atoms with van der Waals surface area (Å²) < 4.78 is 0. The molecule has 3 heteroatoms. The van der Waals surface area contributed by atoms with Crippen molar-refractivity contribution in [1.82, 2.24) is 9.88 Å². The van der Waals surface area contributed by atoms with Gasteiger partial charge in [-0.3, -0.25) is 9.69 Å². The molecule has 1 N–H and O–H groups in total. The Hall–Kier alpha value is -1.61. The first-order valence-electron chi connectivity index (χ1n) is 8.14. The third kappa shape index (κ3) is 1.45. The van der Waals surface area contributed by atoms with E-state index < -0.39 is 0 Å². The molecule has 2 unspecified atom stereocenters. The summed E-state index contributed by atoms with van der Waals surface area (Å²) in [4.78, 5) is 18.6. The summed E-state index contributed by atoms with van der Waals surface area (Å²) in [6.07, 6.45) is 5.06. The zero-order valence-corrected chi connectivity index (χ0v) is 12.2. The van der Waals surface area contributed by atoms with Crippen molar-refractivity contribution in [2.75, 3.05) is 13.1 Å². The lowest BCUT2D eigenvalue weighted by molar-refractivity contribution is -0.118. The maximum absolute atomic E-state index is 12.2. The van der Waals surface area contributed by atoms with Gasteiger partial charge in [-0.05, 0) is 37.4 Å². The molecule has 2 aromatic rings. The first-order chi connectivity index (χ1) is 10.3. The number of hydrogen-bond donors (Lipinski definition) is 1. The van der Waals surface area contributed by atoms with Crippen LogP contribution < -0.4 is 0 Å². The van der Waals surface area contributed by atoms with Crippen LogP contribution in [0.15, 0.2) is 24.3 Å². The fourth-order valence-electron chi connectivity index (χ4n) is 5.25. The third-order valence-electron chi connectivity index (χ3n) is 6.08. The molecule has 3 aliphatic rings. The van der Waals surface area contributed by atoms with Gasteiger partial charge in [-0.2, -0.15) is 0 Å². The number of carbonyl (C=O) groups excluding carboxylic acids is 1. The molecule has 0 amide bonds. The first kappa shape index (κ1) is 12.0. The van der Waals surface area contributed by atoms with E-state index in [0.717, 1.165) is 25.8 Å². The lowest BCUT2D eigenvalue weighted by atomic mass is 9.82. The highest BCUT2D eigenvalue weighted by Gasteiger charge is 2.55. The second kappa shape index (κ2) is 3.98. The fourth-order valence-corrected chi connectivity index (χ4v) is 5.25. The van der Waals surface area contributed by atoms with Crippen molar-refractivity contribution in [2.45, 2.75) is 43.6 Å². The van der Waals surface area contributed by atoms with Crippen LogP contribution in [-0.4, -0.2) is 34.3 Å². The predicted octanol–water partition coefficient (Wildman–Crippen LogP) is 3.01. The molecule has 1 saturated heterocycles. The molecule has 1 aromatic carbocycles. The summed E-state index contributed by atoms with van der Waals surface area (Å²) >= 11 is 0. The minimum atomic E-state index is 0.128. The molecule has 2 atom stereocenters. The number of aromatic nitrogens is 1. The normalized spacial score (nSPS) is 32.0. The minimum Gasteiger partial charge on any atom is -0.358 e. The van der Waals surface area contributed by atoms with Gasteiger partial charge in [0.1, 0.15) is 5.78 Å². The highest BCUT2D eigenvalue weighted by atomic mass is 16.1. The van der Waals surface area contributed by atoms with Crippen molar-refractivity contribution < 1.29 is 4.79 Å². The summed E-state index contributed by atoms with van der Waals surface area (Å²) in [6.45, 7) is 2.28. The van der Waals surface area contributed by atoms with Gasteiger partial charge in [0.2, 0.25) is 0 Å². The Morgan fingerprint density at radius 3 is 3.10 bits per heavy atom. The monoisotopic (exact) mass is 280 g/mol. The molecule has 2 fully saturated rings. The number of ketones is 1. The molecule has 1 saturated carbocycles. The number of para-hydroxylation sites is 1. The van der Waals surface area contributed by atoms with Crippen LogP contribution in [0.25, 0.3) is 10.9 Å². The second-order valence-corrected chi connectivity index (χ2v) is 6.98. The van der Waals surface area contributed by atoms with E-state index in [1.165, 1.54) is 41.5 Å². The summed E-state index contributed by atoms with van der Waals surface area (Å²) in [7, 11) is 0. The van der Waals surface area contributed by atoms with Crippen molar-refractivity contribution >= 4 is 16.7 Å². The van der Waals surface area contributed by atoms with Gasteiger partial charge >= 0.3 is 0 Å². The summed E-state index contributed by atoms with van der Waals surface area (Å²) in [5.74, 6) is 0.843. The lowest BCUT2D eigenvalue weighted by Crippen LogP contribution is -2.45. The van der Waals surface area contributed by atoms with Crippen LogP contribution in [0.1, 0.15) is 42.9 Å². The third-order valence-corrected chi connectivity index (χ3v) is 6.08. The van der Waals surface area contributed by atoms with Crippen molar-refractivity contribution in [3.05, 3.63) is 35.5 Å². The maximum atomic E-state index is 12.2. The molecular weight excluding hydrogens is 260 g/mol. The number of H-pyrrole nitrogens is 1. The van der Waals surface area contributed by atoms with Crippen molar-refractivity contribution in [1.29, 1.82) is 0 Å². The van der Waals surface area contributed by atoms with E-state index in [2.05, 4.69) is 34.1 Å². The Balaban J connectivity index is 1.76. The largest absolute Gasteiger partial charge is 0.358 e. The van der Waals surface area contributed by atoms with E-state index in [9.17, 15) is 4.79 Å². The van der Waals surface area contributed by atoms with E-state index in [4.69, 9.17) is 0 Å². The lowest BCUT2D eigenvalue weighted by Gasteiger charge is -2.37. The van der Waals surface area contributed by atoms with Gasteiger partial charge in [-0.15, -0.1) is 0 Å². The van der Waals surface area contributed by atoms with Gasteiger partial charge < -0.3 is 4.98 Å². The van der Waals surface area contributed by atoms with Gasteiger partial charge in [0.25, 0.3) is 0 Å². The molecule has 3 nitrogen and oxygen atoms in total. The molecule has 1 aliphatic carbocycles. The Morgan fingerprint density at radius 1 is 1.24 bits per heavy atom. The molecule has 2 aliphatic heterocycles. The summed E-state index contributed by atoms with van der Waals surface area (Å²) in [6, 6.07) is 8.61. The van der Waals surface area contributed by atoms with Crippen LogP contribution in [0.4, 0.5) is 0 Å². The number of fused-ring (bicyclic) bond motifs is 4. The van der Waals surface area contributed by atoms with Crippen LogP contribution in [0.3, 0.4) is 0 Å². The Bertz CT molecular complexity index is 747. The quantitative estimate of drug-likeness (QED) is 0.805. The van der Waals surface area contributed by atoms with Gasteiger partial charge in [0.05, 0.1) is 0 Å². The van der Waals surface area contributed by atoms with E-state index in [1.807, 2.05) is 0 Å². The van der Waals surface area contributed by atoms with E-state index in [-0.39, 0.29) is 5.54 Å². The van der Waals surface area contributed by atoms with Crippen molar-refractivity contribution in [2.24, 2.45) is 0 Å². The molecular formula is C18H20N2O. The van der Waals surface area contributed by atoms with E-state index in [0.29, 0.717) is 11.7 Å². The van der Waals surface area contributed by atoms with E-state index in [1.54, 1.807) is 0 Å².